The molecule has 136 valence electrons. The van der Waals surface area contributed by atoms with E-state index in [0.717, 1.165) is 24.3 Å². The van der Waals surface area contributed by atoms with Crippen LogP contribution in [0.3, 0.4) is 0 Å². The molecule has 0 radical (unpaired) electrons. The van der Waals surface area contributed by atoms with Gasteiger partial charge in [0.2, 0.25) is 0 Å². The number of piperidine rings is 1. The van der Waals surface area contributed by atoms with E-state index < -0.39 is 6.10 Å². The van der Waals surface area contributed by atoms with Gasteiger partial charge in [0.05, 0.1) is 37.1 Å². The molecule has 5 heteroatoms. The first kappa shape index (κ1) is 19.0. The van der Waals surface area contributed by atoms with E-state index in [4.69, 9.17) is 9.47 Å². The van der Waals surface area contributed by atoms with E-state index >= 15 is 0 Å². The maximum Gasteiger partial charge on any atom is 0.137 e. The second-order valence-corrected chi connectivity index (χ2v) is 8.40. The number of quaternary nitrogens is 2. The quantitative estimate of drug-likeness (QED) is 0.669. The number of hydrogen-bond donors (Lipinski definition) is 3. The molecule has 5 nitrogen and oxygen atoms in total. The van der Waals surface area contributed by atoms with Crippen molar-refractivity contribution in [2.75, 3.05) is 20.3 Å². The molecule has 0 aliphatic carbocycles. The number of ether oxygens (including phenoxy) is 2. The van der Waals surface area contributed by atoms with Gasteiger partial charge in [0, 0.05) is 0 Å². The summed E-state index contributed by atoms with van der Waals surface area (Å²) in [6.45, 7) is 10.2. The summed E-state index contributed by atoms with van der Waals surface area (Å²) in [6, 6.07) is 7.98. The van der Waals surface area contributed by atoms with E-state index in [-0.39, 0.29) is 11.1 Å². The van der Waals surface area contributed by atoms with Crippen molar-refractivity contribution in [1.82, 2.24) is 0 Å². The van der Waals surface area contributed by atoms with Crippen LogP contribution in [-0.2, 0) is 0 Å². The zero-order valence-electron chi connectivity index (χ0n) is 15.7. The van der Waals surface area contributed by atoms with Crippen LogP contribution in [0.4, 0.5) is 0 Å². The fourth-order valence-corrected chi connectivity index (χ4v) is 4.05. The Morgan fingerprint density at radius 3 is 2.21 bits per heavy atom. The summed E-state index contributed by atoms with van der Waals surface area (Å²) in [7, 11) is 1.64. The Kier molecular flexibility index (Phi) is 6.12. The predicted molar refractivity (Wildman–Crippen MR) is 94.4 cm³/mol. The lowest BCUT2D eigenvalue weighted by atomic mass is 9.79. The first-order valence-electron chi connectivity index (χ1n) is 8.84. The molecule has 1 aliphatic rings. The van der Waals surface area contributed by atoms with Crippen LogP contribution in [0.1, 0.15) is 40.5 Å². The van der Waals surface area contributed by atoms with E-state index in [9.17, 15) is 5.11 Å². The van der Waals surface area contributed by atoms with Crippen molar-refractivity contribution in [2.45, 2.75) is 63.8 Å². The van der Waals surface area contributed by atoms with E-state index in [1.165, 1.54) is 0 Å². The Hall–Kier alpha value is -1.30. The lowest BCUT2D eigenvalue weighted by Gasteiger charge is -2.41. The second kappa shape index (κ2) is 7.72. The fourth-order valence-electron chi connectivity index (χ4n) is 4.05. The highest BCUT2D eigenvalue weighted by atomic mass is 16.5. The van der Waals surface area contributed by atoms with Crippen LogP contribution in [0.5, 0.6) is 11.5 Å². The van der Waals surface area contributed by atoms with Crippen LogP contribution in [0, 0.1) is 0 Å². The summed E-state index contributed by atoms with van der Waals surface area (Å²) in [5.74, 6) is 1.56. The molecule has 5 N–H and O–H groups in total. The molecule has 1 heterocycles. The Morgan fingerprint density at radius 2 is 1.67 bits per heavy atom. The van der Waals surface area contributed by atoms with Gasteiger partial charge >= 0.3 is 0 Å². The highest BCUT2D eigenvalue weighted by Crippen LogP contribution is 2.19. The van der Waals surface area contributed by atoms with Gasteiger partial charge in [-0.3, -0.25) is 0 Å². The number of rotatable bonds is 7. The number of nitrogens with two attached hydrogens (primary N) is 2. The molecule has 24 heavy (non-hydrogen) atoms. The van der Waals surface area contributed by atoms with Crippen molar-refractivity contribution in [3.05, 3.63) is 24.3 Å². The first-order valence-corrected chi connectivity index (χ1v) is 8.84. The third kappa shape index (κ3) is 5.96. The minimum Gasteiger partial charge on any atom is -0.497 e. The van der Waals surface area contributed by atoms with E-state index in [1.807, 2.05) is 24.3 Å². The molecule has 0 aromatic heterocycles. The summed E-state index contributed by atoms with van der Waals surface area (Å²) >= 11 is 0. The Morgan fingerprint density at radius 1 is 1.12 bits per heavy atom. The summed E-state index contributed by atoms with van der Waals surface area (Å²) in [5.41, 5.74) is 0.515. The SMILES string of the molecule is COc1ccc(OC[C@H](O)C[NH2+]C2CC(C)(C)[NH2+]C(C)(C)C2)cc1. The topological polar surface area (TPSA) is 71.9 Å². The fraction of sp³-hybridized carbons (Fsp3) is 0.684. The van der Waals surface area contributed by atoms with E-state index in [0.29, 0.717) is 19.2 Å². The molecule has 1 fully saturated rings. The maximum absolute atomic E-state index is 10.2. The molecule has 1 aromatic rings. The first-order chi connectivity index (χ1) is 11.2. The van der Waals surface area contributed by atoms with Gasteiger partial charge < -0.3 is 25.2 Å². The Bertz CT molecular complexity index is 498. The third-order valence-electron chi connectivity index (χ3n) is 4.60. The molecule has 1 aromatic carbocycles. The largest absolute Gasteiger partial charge is 0.497 e. The van der Waals surface area contributed by atoms with Crippen LogP contribution in [-0.4, -0.2) is 48.6 Å². The van der Waals surface area contributed by atoms with Crippen molar-refractivity contribution in [2.24, 2.45) is 0 Å². The highest BCUT2D eigenvalue weighted by Gasteiger charge is 2.43. The average Bonchev–Trinajstić information content (AvgIpc) is 2.48. The monoisotopic (exact) mass is 338 g/mol. The van der Waals surface area contributed by atoms with Crippen molar-refractivity contribution in [3.63, 3.8) is 0 Å². The van der Waals surface area contributed by atoms with E-state index in [1.54, 1.807) is 7.11 Å². The average molecular weight is 338 g/mol. The van der Waals surface area contributed by atoms with Gasteiger partial charge in [0.15, 0.2) is 0 Å². The summed E-state index contributed by atoms with van der Waals surface area (Å²) in [5, 5.41) is 15.0. The van der Waals surface area contributed by atoms with Crippen LogP contribution < -0.4 is 20.1 Å². The molecule has 1 atom stereocenters. The van der Waals surface area contributed by atoms with Crippen molar-refractivity contribution < 1.29 is 25.2 Å². The molecule has 1 saturated heterocycles. The highest BCUT2D eigenvalue weighted by molar-refractivity contribution is 5.31. The second-order valence-electron chi connectivity index (χ2n) is 8.40. The maximum atomic E-state index is 10.2. The Balaban J connectivity index is 1.75. The molecule has 0 unspecified atom stereocenters. The van der Waals surface area contributed by atoms with Crippen molar-refractivity contribution in [1.29, 1.82) is 0 Å². The lowest BCUT2D eigenvalue weighted by molar-refractivity contribution is -0.814. The number of hydrogen-bond acceptors (Lipinski definition) is 3. The third-order valence-corrected chi connectivity index (χ3v) is 4.60. The molecule has 0 bridgehead atoms. The van der Waals surface area contributed by atoms with Crippen LogP contribution in [0.25, 0.3) is 0 Å². The lowest BCUT2D eigenvalue weighted by Crippen LogP contribution is -3.09. The predicted octanol–water partition coefficient (Wildman–Crippen LogP) is 0.281. The number of methoxy groups -OCH3 is 1. The van der Waals surface area contributed by atoms with Gasteiger partial charge in [-0.2, -0.15) is 0 Å². The van der Waals surface area contributed by atoms with Crippen LogP contribution in [0.2, 0.25) is 0 Å². The molecular weight excluding hydrogens is 304 g/mol. The normalized spacial score (nSPS) is 21.2. The zero-order chi connectivity index (χ0) is 17.8. The van der Waals surface area contributed by atoms with Gasteiger partial charge in [-0.05, 0) is 52.0 Å². The van der Waals surface area contributed by atoms with Crippen LogP contribution in [0.15, 0.2) is 24.3 Å². The number of benzene rings is 1. The van der Waals surface area contributed by atoms with Gasteiger partial charge in [0.1, 0.15) is 30.8 Å². The van der Waals surface area contributed by atoms with Gasteiger partial charge in [-0.25, -0.2) is 0 Å². The van der Waals surface area contributed by atoms with Crippen LogP contribution >= 0.6 is 0 Å². The summed E-state index contributed by atoms with van der Waals surface area (Å²) in [6.07, 6.45) is 1.84. The van der Waals surface area contributed by atoms with Crippen molar-refractivity contribution in [3.8, 4) is 11.5 Å². The molecular formula is C19H34N2O3+2. The van der Waals surface area contributed by atoms with Crippen molar-refractivity contribution >= 4 is 0 Å². The zero-order valence-corrected chi connectivity index (χ0v) is 15.7. The van der Waals surface area contributed by atoms with E-state index in [2.05, 4.69) is 38.3 Å². The standard InChI is InChI=1S/C19H32N2O3/c1-18(2)10-14(11-19(3,4)21-18)20-12-15(22)13-24-17-8-6-16(23-5)7-9-17/h6-9,14-15,20-22H,10-13H2,1-5H3/p+2/t15-/m1/s1. The molecule has 0 amide bonds. The minimum absolute atomic E-state index is 0.257. The van der Waals surface area contributed by atoms with Gasteiger partial charge in [-0.1, -0.05) is 0 Å². The van der Waals surface area contributed by atoms with Gasteiger partial charge in [0.25, 0.3) is 0 Å². The smallest absolute Gasteiger partial charge is 0.137 e. The summed E-state index contributed by atoms with van der Waals surface area (Å²) in [4.78, 5) is 0. The van der Waals surface area contributed by atoms with Gasteiger partial charge in [-0.15, -0.1) is 0 Å². The Labute approximate surface area is 145 Å². The molecule has 0 saturated carbocycles. The summed E-state index contributed by atoms with van der Waals surface area (Å²) < 4.78 is 10.8. The molecule has 2 rings (SSSR count). The molecule has 1 aliphatic heterocycles. The molecule has 0 spiro atoms. The number of aliphatic hydroxyl groups is 1. The number of aliphatic hydroxyl groups excluding tert-OH is 1. The minimum atomic E-state index is -0.468.